The van der Waals surface area contributed by atoms with Gasteiger partial charge < -0.3 is 20.5 Å². The summed E-state index contributed by atoms with van der Waals surface area (Å²) in [6, 6.07) is -0.379. The molecule has 0 rings (SSSR count). The maximum atomic E-state index is 11.6. The van der Waals surface area contributed by atoms with Crippen molar-refractivity contribution in [2.45, 2.75) is 45.2 Å². The normalized spacial score (nSPS) is 12.9. The van der Waals surface area contributed by atoms with Crippen LogP contribution in [-0.2, 0) is 9.53 Å². The number of hydrogen-bond acceptors (Lipinski definition) is 3. The molecule has 1 unspecified atom stereocenters. The van der Waals surface area contributed by atoms with Crippen molar-refractivity contribution in [2.75, 3.05) is 13.7 Å². The first-order chi connectivity index (χ1) is 7.76. The maximum absolute atomic E-state index is 11.6. The molecule has 6 heteroatoms. The lowest BCUT2D eigenvalue weighted by atomic mass is 10.0. The summed E-state index contributed by atoms with van der Waals surface area (Å²) >= 11 is 0. The molecule has 0 spiro atoms. The van der Waals surface area contributed by atoms with Gasteiger partial charge in [0.25, 0.3) is 0 Å². The third kappa shape index (κ3) is 8.50. The number of carboxylic acid groups (broad SMARTS) is 1. The number of hydrogen-bond donors (Lipinski definition) is 3. The number of urea groups is 1. The maximum Gasteiger partial charge on any atom is 0.315 e. The first-order valence-electron chi connectivity index (χ1n) is 5.56. The van der Waals surface area contributed by atoms with Gasteiger partial charge in [0.15, 0.2) is 0 Å². The van der Waals surface area contributed by atoms with Crippen LogP contribution in [0, 0.1) is 0 Å². The molecule has 0 radical (unpaired) electrons. The lowest BCUT2D eigenvalue weighted by Crippen LogP contribution is -2.51. The van der Waals surface area contributed by atoms with Crippen LogP contribution in [0.2, 0.25) is 0 Å². The van der Waals surface area contributed by atoms with Crippen LogP contribution < -0.4 is 10.6 Å². The van der Waals surface area contributed by atoms with Gasteiger partial charge in [-0.15, -0.1) is 0 Å². The SMILES string of the molecule is COCCC(C)NC(=O)NC(C)(C)CC(=O)O. The van der Waals surface area contributed by atoms with Crippen LogP contribution in [0.1, 0.15) is 33.6 Å². The molecule has 6 nitrogen and oxygen atoms in total. The van der Waals surface area contributed by atoms with E-state index in [9.17, 15) is 9.59 Å². The second kappa shape index (κ2) is 7.11. The molecule has 17 heavy (non-hydrogen) atoms. The highest BCUT2D eigenvalue weighted by Gasteiger charge is 2.24. The smallest absolute Gasteiger partial charge is 0.315 e. The summed E-state index contributed by atoms with van der Waals surface area (Å²) in [7, 11) is 1.60. The molecule has 0 aliphatic heterocycles. The van der Waals surface area contributed by atoms with E-state index < -0.39 is 11.5 Å². The second-order valence-corrected chi connectivity index (χ2v) is 4.74. The minimum Gasteiger partial charge on any atom is -0.481 e. The average Bonchev–Trinajstić information content (AvgIpc) is 2.10. The summed E-state index contributed by atoms with van der Waals surface area (Å²) < 4.78 is 4.90. The molecule has 0 aromatic heterocycles. The zero-order chi connectivity index (χ0) is 13.5. The number of amides is 2. The van der Waals surface area contributed by atoms with Crippen molar-refractivity contribution in [1.29, 1.82) is 0 Å². The van der Waals surface area contributed by atoms with Crippen LogP contribution in [0.25, 0.3) is 0 Å². The van der Waals surface area contributed by atoms with Gasteiger partial charge in [0.2, 0.25) is 0 Å². The number of carbonyl (C=O) groups excluding carboxylic acids is 1. The molecule has 2 amide bonds. The molecular weight excluding hydrogens is 224 g/mol. The molecule has 0 heterocycles. The zero-order valence-corrected chi connectivity index (χ0v) is 10.9. The van der Waals surface area contributed by atoms with Crippen molar-refractivity contribution in [3.8, 4) is 0 Å². The summed E-state index contributed by atoms with van der Waals surface area (Å²) in [5, 5.41) is 14.0. The number of carbonyl (C=O) groups is 2. The summed E-state index contributed by atoms with van der Waals surface area (Å²) in [6.45, 7) is 5.77. The van der Waals surface area contributed by atoms with Gasteiger partial charge in [0.1, 0.15) is 0 Å². The van der Waals surface area contributed by atoms with Gasteiger partial charge >= 0.3 is 12.0 Å². The van der Waals surface area contributed by atoms with Crippen LogP contribution in [0.4, 0.5) is 4.79 Å². The molecule has 0 aromatic rings. The Morgan fingerprint density at radius 2 is 2.00 bits per heavy atom. The Balaban J connectivity index is 4.03. The molecule has 3 N–H and O–H groups in total. The lowest BCUT2D eigenvalue weighted by Gasteiger charge is -2.25. The molecule has 0 aromatic carbocycles. The number of rotatable bonds is 7. The molecule has 0 fully saturated rings. The second-order valence-electron chi connectivity index (χ2n) is 4.74. The van der Waals surface area contributed by atoms with E-state index in [-0.39, 0.29) is 18.5 Å². The number of methoxy groups -OCH3 is 1. The van der Waals surface area contributed by atoms with Crippen LogP contribution in [0.5, 0.6) is 0 Å². The highest BCUT2D eigenvalue weighted by Crippen LogP contribution is 2.07. The predicted molar refractivity (Wildman–Crippen MR) is 64.0 cm³/mol. The molecule has 100 valence electrons. The predicted octanol–water partition coefficient (Wildman–Crippen LogP) is 0.964. The van der Waals surface area contributed by atoms with Gasteiger partial charge in [-0.1, -0.05) is 0 Å². The van der Waals surface area contributed by atoms with Gasteiger partial charge in [0.05, 0.1) is 6.42 Å². The molecule has 1 atom stereocenters. The van der Waals surface area contributed by atoms with E-state index in [2.05, 4.69) is 10.6 Å². The summed E-state index contributed by atoms with van der Waals surface area (Å²) in [5.41, 5.74) is -0.767. The fraction of sp³-hybridized carbons (Fsp3) is 0.818. The summed E-state index contributed by atoms with van der Waals surface area (Å²) in [4.78, 5) is 22.1. The fourth-order valence-electron chi connectivity index (χ4n) is 1.36. The number of ether oxygens (including phenoxy) is 1. The third-order valence-electron chi connectivity index (χ3n) is 2.18. The van der Waals surface area contributed by atoms with E-state index in [0.717, 1.165) is 0 Å². The first-order valence-corrected chi connectivity index (χ1v) is 5.56. The molecule has 0 saturated carbocycles. The van der Waals surface area contributed by atoms with Gasteiger partial charge in [0, 0.05) is 25.3 Å². The number of aliphatic carboxylic acids is 1. The highest BCUT2D eigenvalue weighted by molar-refractivity contribution is 5.76. The molecule has 0 aliphatic rings. The topological polar surface area (TPSA) is 87.7 Å². The Labute approximate surface area is 102 Å². The van der Waals surface area contributed by atoms with E-state index in [1.165, 1.54) is 0 Å². The quantitative estimate of drug-likeness (QED) is 0.624. The first kappa shape index (κ1) is 15.7. The van der Waals surface area contributed by atoms with E-state index in [0.29, 0.717) is 13.0 Å². The number of carboxylic acids is 1. The van der Waals surface area contributed by atoms with E-state index >= 15 is 0 Å². The van der Waals surface area contributed by atoms with Gasteiger partial charge in [-0.3, -0.25) is 4.79 Å². The average molecular weight is 246 g/mol. The van der Waals surface area contributed by atoms with Crippen LogP contribution >= 0.6 is 0 Å². The van der Waals surface area contributed by atoms with Crippen molar-refractivity contribution in [3.63, 3.8) is 0 Å². The van der Waals surface area contributed by atoms with Crippen molar-refractivity contribution in [3.05, 3.63) is 0 Å². The molecule has 0 bridgehead atoms. The highest BCUT2D eigenvalue weighted by atomic mass is 16.5. The third-order valence-corrected chi connectivity index (χ3v) is 2.18. The van der Waals surface area contributed by atoms with Crippen molar-refractivity contribution < 1.29 is 19.4 Å². The molecular formula is C11H22N2O4. The Bertz CT molecular complexity index is 266. The fourth-order valence-corrected chi connectivity index (χ4v) is 1.36. The van der Waals surface area contributed by atoms with Gasteiger partial charge in [-0.25, -0.2) is 4.79 Å². The van der Waals surface area contributed by atoms with Crippen molar-refractivity contribution >= 4 is 12.0 Å². The monoisotopic (exact) mass is 246 g/mol. The van der Waals surface area contributed by atoms with E-state index in [1.54, 1.807) is 21.0 Å². The Kier molecular flexibility index (Phi) is 6.57. The Morgan fingerprint density at radius 1 is 1.41 bits per heavy atom. The summed E-state index contributed by atoms with van der Waals surface area (Å²) in [6.07, 6.45) is 0.593. The van der Waals surface area contributed by atoms with Crippen LogP contribution in [-0.4, -0.2) is 42.4 Å². The largest absolute Gasteiger partial charge is 0.481 e. The molecule has 0 saturated heterocycles. The van der Waals surface area contributed by atoms with Gasteiger partial charge in [-0.2, -0.15) is 0 Å². The zero-order valence-electron chi connectivity index (χ0n) is 10.9. The van der Waals surface area contributed by atoms with Crippen LogP contribution in [0.3, 0.4) is 0 Å². The Hall–Kier alpha value is -1.30. The molecule has 0 aliphatic carbocycles. The minimum atomic E-state index is -0.942. The number of nitrogens with one attached hydrogen (secondary N) is 2. The standard InChI is InChI=1S/C11H22N2O4/c1-8(5-6-17-4)12-10(16)13-11(2,3)7-9(14)15/h8H,5-7H2,1-4H3,(H,14,15)(H2,12,13,16). The Morgan fingerprint density at radius 3 is 2.47 bits per heavy atom. The van der Waals surface area contributed by atoms with E-state index in [1.807, 2.05) is 6.92 Å². The minimum absolute atomic E-state index is 0.0180. The lowest BCUT2D eigenvalue weighted by molar-refractivity contribution is -0.138. The van der Waals surface area contributed by atoms with Crippen molar-refractivity contribution in [1.82, 2.24) is 10.6 Å². The van der Waals surface area contributed by atoms with Gasteiger partial charge in [-0.05, 0) is 27.2 Å². The van der Waals surface area contributed by atoms with Crippen molar-refractivity contribution in [2.24, 2.45) is 0 Å². The summed E-state index contributed by atoms with van der Waals surface area (Å²) in [5.74, 6) is -0.942. The van der Waals surface area contributed by atoms with Crippen LogP contribution in [0.15, 0.2) is 0 Å². The van der Waals surface area contributed by atoms with E-state index in [4.69, 9.17) is 9.84 Å².